The first-order valence-electron chi connectivity index (χ1n) is 20.1. The van der Waals surface area contributed by atoms with E-state index in [2.05, 4.69) is 15.1 Å². The second-order valence-corrected chi connectivity index (χ2v) is 15.9. The fourth-order valence-electron chi connectivity index (χ4n) is 8.49. The van der Waals surface area contributed by atoms with Crippen LogP contribution in [0.25, 0.3) is 0 Å². The first-order chi connectivity index (χ1) is 28.3. The van der Waals surface area contributed by atoms with Crippen LogP contribution in [0.3, 0.4) is 0 Å². The van der Waals surface area contributed by atoms with Crippen LogP contribution in [0.5, 0.6) is 5.75 Å². The second kappa shape index (κ2) is 18.5. The normalized spacial score (nSPS) is 19.4. The van der Waals surface area contributed by atoms with Gasteiger partial charge in [0, 0.05) is 83.1 Å². The molecule has 13 nitrogen and oxygen atoms in total. The number of anilines is 2. The van der Waals surface area contributed by atoms with Crippen molar-refractivity contribution in [1.29, 1.82) is 0 Å². The SMILES string of the molecule is Nc1c(Cl)cc(C[C@@H](OC(=O)N2CCC(N3CCc4ccccc4NC3=O)CC2)C(=O)N2CCC(N3CCN(CC(=O)Oc4ccccc4)CC3)CC2)cc1C(F)(F)F. The molecule has 7 rings (SSSR count). The fourth-order valence-corrected chi connectivity index (χ4v) is 8.73. The molecule has 4 aliphatic heterocycles. The van der Waals surface area contributed by atoms with E-state index in [1.54, 1.807) is 34.1 Å². The summed E-state index contributed by atoms with van der Waals surface area (Å²) in [6, 6.07) is 18.6. The number of amides is 4. The molecular formula is C42H49ClF3N7O6. The van der Waals surface area contributed by atoms with Crippen molar-refractivity contribution >= 4 is 47.0 Å². The van der Waals surface area contributed by atoms with Gasteiger partial charge in [-0.3, -0.25) is 19.4 Å². The molecule has 3 saturated heterocycles. The largest absolute Gasteiger partial charge is 0.436 e. The molecule has 1 atom stereocenters. The van der Waals surface area contributed by atoms with E-state index < -0.39 is 35.5 Å². The van der Waals surface area contributed by atoms with Crippen LogP contribution in [0.1, 0.15) is 42.4 Å². The van der Waals surface area contributed by atoms with Gasteiger partial charge in [-0.25, -0.2) is 9.59 Å². The summed E-state index contributed by atoms with van der Waals surface area (Å²) in [5.74, 6) is -0.318. The second-order valence-electron chi connectivity index (χ2n) is 15.5. The quantitative estimate of drug-likeness (QED) is 0.157. The minimum absolute atomic E-state index is 0.0509. The molecule has 0 bridgehead atoms. The summed E-state index contributed by atoms with van der Waals surface area (Å²) < 4.78 is 53.1. The molecule has 0 aliphatic carbocycles. The molecule has 17 heteroatoms. The zero-order valence-corrected chi connectivity index (χ0v) is 33.4. The molecule has 0 radical (unpaired) electrons. The Morgan fingerprint density at radius 3 is 2.17 bits per heavy atom. The molecule has 3 aromatic rings. The lowest BCUT2D eigenvalue weighted by Gasteiger charge is -2.43. The van der Waals surface area contributed by atoms with E-state index in [1.807, 2.05) is 30.3 Å². The van der Waals surface area contributed by atoms with Gasteiger partial charge in [0.1, 0.15) is 5.75 Å². The van der Waals surface area contributed by atoms with Gasteiger partial charge in [-0.2, -0.15) is 13.2 Å². The number of nitrogen functional groups attached to an aromatic ring is 1. The third-order valence-corrected chi connectivity index (χ3v) is 12.1. The molecule has 4 aliphatic rings. The third kappa shape index (κ3) is 10.4. The zero-order valence-electron chi connectivity index (χ0n) is 32.7. The number of nitrogens with two attached hydrogens (primary N) is 1. The molecule has 59 heavy (non-hydrogen) atoms. The van der Waals surface area contributed by atoms with Gasteiger partial charge in [-0.1, -0.05) is 48.0 Å². The molecule has 4 amide bonds. The lowest BCUT2D eigenvalue weighted by Crippen LogP contribution is -2.55. The maximum absolute atomic E-state index is 14.2. The Kier molecular flexibility index (Phi) is 13.2. The Morgan fingerprint density at radius 1 is 0.831 bits per heavy atom. The number of nitrogens with one attached hydrogen (secondary N) is 1. The van der Waals surface area contributed by atoms with Crippen molar-refractivity contribution in [2.24, 2.45) is 0 Å². The number of hydrogen-bond donors (Lipinski definition) is 2. The number of rotatable bonds is 9. The number of urea groups is 1. The van der Waals surface area contributed by atoms with Crippen LogP contribution < -0.4 is 15.8 Å². The van der Waals surface area contributed by atoms with E-state index in [1.165, 1.54) is 11.0 Å². The predicted molar refractivity (Wildman–Crippen MR) is 215 cm³/mol. The van der Waals surface area contributed by atoms with Gasteiger partial charge >= 0.3 is 24.3 Å². The summed E-state index contributed by atoms with van der Waals surface area (Å²) in [6.07, 6.45) is -4.36. The van der Waals surface area contributed by atoms with E-state index in [9.17, 15) is 32.3 Å². The Hall–Kier alpha value is -5.06. The molecule has 0 saturated carbocycles. The van der Waals surface area contributed by atoms with E-state index in [-0.39, 0.29) is 60.7 Å². The molecule has 3 N–H and O–H groups in total. The number of likely N-dealkylation sites (tertiary alicyclic amines) is 2. The number of piperazine rings is 1. The number of benzene rings is 3. The van der Waals surface area contributed by atoms with Gasteiger partial charge in [0.15, 0.2) is 6.10 Å². The van der Waals surface area contributed by atoms with Crippen molar-refractivity contribution in [3.05, 3.63) is 88.4 Å². The van der Waals surface area contributed by atoms with Gasteiger partial charge in [0.2, 0.25) is 0 Å². The topological polar surface area (TPSA) is 141 Å². The lowest BCUT2D eigenvalue weighted by atomic mass is 9.99. The van der Waals surface area contributed by atoms with E-state index in [0.29, 0.717) is 70.6 Å². The van der Waals surface area contributed by atoms with Crippen LogP contribution in [0.4, 0.5) is 34.1 Å². The van der Waals surface area contributed by atoms with Crippen molar-refractivity contribution in [2.75, 3.05) is 76.5 Å². The van der Waals surface area contributed by atoms with Crippen molar-refractivity contribution < 1.29 is 41.8 Å². The summed E-state index contributed by atoms with van der Waals surface area (Å²) in [5, 5.41) is 2.67. The maximum Gasteiger partial charge on any atom is 0.418 e. The van der Waals surface area contributed by atoms with E-state index >= 15 is 0 Å². The van der Waals surface area contributed by atoms with Crippen molar-refractivity contribution in [2.45, 2.75) is 62.9 Å². The predicted octanol–water partition coefficient (Wildman–Crippen LogP) is 5.76. The number of carbonyl (C=O) groups is 4. The van der Waals surface area contributed by atoms with Crippen molar-refractivity contribution in [1.82, 2.24) is 24.5 Å². The van der Waals surface area contributed by atoms with Crippen LogP contribution in [-0.2, 0) is 33.3 Å². The summed E-state index contributed by atoms with van der Waals surface area (Å²) in [7, 11) is 0. The highest BCUT2D eigenvalue weighted by Gasteiger charge is 2.38. The Balaban J connectivity index is 0.957. The molecular weight excluding hydrogens is 791 g/mol. The van der Waals surface area contributed by atoms with Gasteiger partial charge in [-0.15, -0.1) is 0 Å². The summed E-state index contributed by atoms with van der Waals surface area (Å²) in [5.41, 5.74) is 5.81. The first kappa shape index (κ1) is 42.1. The van der Waals surface area contributed by atoms with E-state index in [0.717, 1.165) is 30.4 Å². The van der Waals surface area contributed by atoms with E-state index in [4.69, 9.17) is 26.8 Å². The molecule has 0 spiro atoms. The van der Waals surface area contributed by atoms with Crippen LogP contribution in [0.15, 0.2) is 66.7 Å². The highest BCUT2D eigenvalue weighted by Crippen LogP contribution is 2.38. The highest BCUT2D eigenvalue weighted by molar-refractivity contribution is 6.33. The van der Waals surface area contributed by atoms with Crippen LogP contribution >= 0.6 is 11.6 Å². The Labute approximate surface area is 346 Å². The number of ether oxygens (including phenoxy) is 2. The minimum atomic E-state index is -4.80. The number of fused-ring (bicyclic) bond motifs is 1. The van der Waals surface area contributed by atoms with Gasteiger partial charge in [-0.05, 0) is 73.6 Å². The lowest BCUT2D eigenvalue weighted by molar-refractivity contribution is -0.142. The van der Waals surface area contributed by atoms with Crippen molar-refractivity contribution in [3.8, 4) is 5.75 Å². The number of halogens is 4. The maximum atomic E-state index is 14.2. The highest BCUT2D eigenvalue weighted by atomic mass is 35.5. The standard InChI is InChI=1S/C42H49ClF3N7O6/c43-34-25-28(24-33(38(34)47)42(44,45)46)26-36(59-41(57)52-17-13-31(14-18-52)53-19-10-29-6-4-5-9-35(29)48-40(53)56)39(55)51-15-11-30(12-16-51)50-22-20-49(21-23-50)27-37(54)58-32-7-2-1-3-8-32/h1-9,24-25,30-31,36H,10-23,26-27,47H2,(H,48,56)/t36-/m1/s1. The first-order valence-corrected chi connectivity index (χ1v) is 20.5. The van der Waals surface area contributed by atoms with Gasteiger partial charge in [0.05, 0.1) is 22.8 Å². The molecule has 0 aromatic heterocycles. The zero-order chi connectivity index (χ0) is 41.7. The number of piperidine rings is 2. The molecule has 0 unspecified atom stereocenters. The van der Waals surface area contributed by atoms with Gasteiger partial charge < -0.3 is 35.2 Å². The number of esters is 1. The fraction of sp³-hybridized carbons (Fsp3) is 0.476. The number of carbonyl (C=O) groups excluding carboxylic acids is 4. The number of alkyl halides is 3. The Bertz CT molecular complexity index is 1980. The molecule has 3 fully saturated rings. The summed E-state index contributed by atoms with van der Waals surface area (Å²) in [6.45, 7) is 4.81. The molecule has 3 aromatic carbocycles. The average molecular weight is 840 g/mol. The number of hydrogen-bond acceptors (Lipinski definition) is 9. The molecule has 4 heterocycles. The summed E-state index contributed by atoms with van der Waals surface area (Å²) >= 11 is 6.15. The van der Waals surface area contributed by atoms with Crippen LogP contribution in [-0.4, -0.2) is 132 Å². The number of para-hydroxylation sites is 2. The number of nitrogens with zero attached hydrogens (tertiary/aromatic N) is 5. The summed E-state index contributed by atoms with van der Waals surface area (Å²) in [4.78, 5) is 62.8. The van der Waals surface area contributed by atoms with Crippen LogP contribution in [0, 0.1) is 0 Å². The minimum Gasteiger partial charge on any atom is -0.436 e. The van der Waals surface area contributed by atoms with Gasteiger partial charge in [0.25, 0.3) is 5.91 Å². The van der Waals surface area contributed by atoms with Crippen LogP contribution in [0.2, 0.25) is 5.02 Å². The third-order valence-electron chi connectivity index (χ3n) is 11.8. The smallest absolute Gasteiger partial charge is 0.418 e. The average Bonchev–Trinajstić information content (AvgIpc) is 3.39. The Morgan fingerprint density at radius 2 is 1.47 bits per heavy atom. The molecule has 316 valence electrons. The monoisotopic (exact) mass is 839 g/mol. The van der Waals surface area contributed by atoms with Crippen molar-refractivity contribution in [3.63, 3.8) is 0 Å².